The van der Waals surface area contributed by atoms with Crippen molar-refractivity contribution < 1.29 is 0 Å². The first-order chi connectivity index (χ1) is 9.13. The first-order valence-electron chi connectivity index (χ1n) is 5.72. The van der Waals surface area contributed by atoms with Gasteiger partial charge in [0.25, 0.3) is 0 Å². The van der Waals surface area contributed by atoms with Crippen molar-refractivity contribution in [3.63, 3.8) is 0 Å². The molecule has 2 aromatic carbocycles. The van der Waals surface area contributed by atoms with Gasteiger partial charge >= 0.3 is 0 Å². The number of halogens is 2. The number of aryl methyl sites for hydroxylation is 1. The highest BCUT2D eigenvalue weighted by Crippen LogP contribution is 2.33. The second-order valence-corrected chi connectivity index (χ2v) is 6.46. The van der Waals surface area contributed by atoms with Gasteiger partial charge in [0.15, 0.2) is 5.13 Å². The second kappa shape index (κ2) is 5.12. The summed E-state index contributed by atoms with van der Waals surface area (Å²) in [4.78, 5) is 4.53. The molecule has 0 unspecified atom stereocenters. The van der Waals surface area contributed by atoms with Gasteiger partial charge in [-0.25, -0.2) is 4.98 Å². The first kappa shape index (κ1) is 12.9. The number of nitrogens with one attached hydrogen (secondary N) is 1. The standard InChI is InChI=1S/C14H10BrClN2S/c1-8-7-9(5-6-10(8)15)17-14-18-12-4-2-3-11(16)13(12)19-14/h2-7H,1H3,(H,17,18). The summed E-state index contributed by atoms with van der Waals surface area (Å²) < 4.78 is 2.12. The van der Waals surface area contributed by atoms with Gasteiger partial charge in [-0.05, 0) is 42.8 Å². The molecule has 0 aliphatic heterocycles. The molecule has 0 radical (unpaired) electrons. The van der Waals surface area contributed by atoms with Crippen LogP contribution in [0.15, 0.2) is 40.9 Å². The minimum atomic E-state index is 0.745. The molecule has 0 spiro atoms. The van der Waals surface area contributed by atoms with Gasteiger partial charge in [-0.15, -0.1) is 0 Å². The normalized spacial score (nSPS) is 10.9. The van der Waals surface area contributed by atoms with Crippen LogP contribution in [0.5, 0.6) is 0 Å². The molecule has 0 atom stereocenters. The highest BCUT2D eigenvalue weighted by atomic mass is 79.9. The first-order valence-corrected chi connectivity index (χ1v) is 7.70. The summed E-state index contributed by atoms with van der Waals surface area (Å²) in [6.45, 7) is 2.06. The van der Waals surface area contributed by atoms with E-state index in [9.17, 15) is 0 Å². The minimum absolute atomic E-state index is 0.745. The second-order valence-electron chi connectivity index (χ2n) is 4.20. The number of anilines is 2. The molecule has 5 heteroatoms. The molecule has 0 aliphatic rings. The van der Waals surface area contributed by atoms with Crippen molar-refractivity contribution in [3.8, 4) is 0 Å². The molecule has 0 saturated carbocycles. The summed E-state index contributed by atoms with van der Waals surface area (Å²) in [7, 11) is 0. The average Bonchev–Trinajstić information content (AvgIpc) is 2.78. The Morgan fingerprint density at radius 1 is 1.26 bits per heavy atom. The van der Waals surface area contributed by atoms with Gasteiger partial charge in [-0.2, -0.15) is 0 Å². The van der Waals surface area contributed by atoms with Crippen LogP contribution in [0.2, 0.25) is 5.02 Å². The molecule has 0 saturated heterocycles. The fraction of sp³-hybridized carbons (Fsp3) is 0.0714. The monoisotopic (exact) mass is 352 g/mol. The highest BCUT2D eigenvalue weighted by molar-refractivity contribution is 9.10. The number of aromatic nitrogens is 1. The maximum absolute atomic E-state index is 6.16. The van der Waals surface area contributed by atoms with Crippen LogP contribution in [-0.2, 0) is 0 Å². The molecular formula is C14H10BrClN2S. The molecule has 0 bridgehead atoms. The molecule has 1 heterocycles. The summed E-state index contributed by atoms with van der Waals surface area (Å²) in [5.74, 6) is 0. The highest BCUT2D eigenvalue weighted by Gasteiger charge is 2.07. The quantitative estimate of drug-likeness (QED) is 0.633. The Kier molecular flexibility index (Phi) is 3.48. The third-order valence-electron chi connectivity index (χ3n) is 2.78. The summed E-state index contributed by atoms with van der Waals surface area (Å²) in [6.07, 6.45) is 0. The van der Waals surface area contributed by atoms with E-state index >= 15 is 0 Å². The zero-order chi connectivity index (χ0) is 13.4. The molecule has 3 aromatic rings. The van der Waals surface area contributed by atoms with E-state index in [1.165, 1.54) is 5.56 Å². The topological polar surface area (TPSA) is 24.9 Å². The molecular weight excluding hydrogens is 344 g/mol. The van der Waals surface area contributed by atoms with Crippen molar-refractivity contribution in [1.82, 2.24) is 4.98 Å². The molecule has 1 N–H and O–H groups in total. The van der Waals surface area contributed by atoms with Crippen molar-refractivity contribution in [1.29, 1.82) is 0 Å². The summed E-state index contributed by atoms with van der Waals surface area (Å²) in [6, 6.07) is 11.9. The SMILES string of the molecule is Cc1cc(Nc2nc3cccc(Cl)c3s2)ccc1Br. The van der Waals surface area contributed by atoms with E-state index in [0.29, 0.717) is 0 Å². The zero-order valence-corrected chi connectivity index (χ0v) is 13.2. The van der Waals surface area contributed by atoms with Crippen molar-refractivity contribution >= 4 is 59.9 Å². The fourth-order valence-corrected chi connectivity index (χ4v) is 3.24. The van der Waals surface area contributed by atoms with Crippen LogP contribution in [0, 0.1) is 6.92 Å². The number of hydrogen-bond donors (Lipinski definition) is 1. The molecule has 0 aliphatic carbocycles. The predicted octanol–water partition coefficient (Wildman–Crippen LogP) is 5.76. The smallest absolute Gasteiger partial charge is 0.188 e. The van der Waals surface area contributed by atoms with Crippen LogP contribution >= 0.6 is 38.9 Å². The van der Waals surface area contributed by atoms with Gasteiger partial charge in [-0.3, -0.25) is 0 Å². The van der Waals surface area contributed by atoms with Crippen LogP contribution in [0.3, 0.4) is 0 Å². The Labute approximate surface area is 128 Å². The van der Waals surface area contributed by atoms with Gasteiger partial charge in [-0.1, -0.05) is 44.9 Å². The minimum Gasteiger partial charge on any atom is -0.332 e. The predicted molar refractivity (Wildman–Crippen MR) is 86.8 cm³/mol. The molecule has 96 valence electrons. The van der Waals surface area contributed by atoms with E-state index in [2.05, 4.69) is 39.2 Å². The number of nitrogens with zero attached hydrogens (tertiary/aromatic N) is 1. The summed E-state index contributed by atoms with van der Waals surface area (Å²) in [5.41, 5.74) is 3.13. The molecule has 0 amide bonds. The van der Waals surface area contributed by atoms with Gasteiger partial charge in [0.05, 0.1) is 15.2 Å². The maximum atomic E-state index is 6.16. The van der Waals surface area contributed by atoms with Crippen LogP contribution < -0.4 is 5.32 Å². The third kappa shape index (κ3) is 2.61. The number of benzene rings is 2. The lowest BCUT2D eigenvalue weighted by atomic mass is 10.2. The van der Waals surface area contributed by atoms with Crippen LogP contribution in [0.4, 0.5) is 10.8 Å². The zero-order valence-electron chi connectivity index (χ0n) is 10.1. The Bertz CT molecular complexity index is 754. The Hall–Kier alpha value is -1.10. The van der Waals surface area contributed by atoms with E-state index in [0.717, 1.165) is 30.5 Å². The van der Waals surface area contributed by atoms with Gasteiger partial charge in [0.1, 0.15) is 0 Å². The Morgan fingerprint density at radius 2 is 2.11 bits per heavy atom. The van der Waals surface area contributed by atoms with Crippen LogP contribution in [-0.4, -0.2) is 4.98 Å². The Balaban J connectivity index is 1.96. The van der Waals surface area contributed by atoms with Gasteiger partial charge in [0, 0.05) is 10.2 Å². The largest absolute Gasteiger partial charge is 0.332 e. The van der Waals surface area contributed by atoms with E-state index in [1.54, 1.807) is 11.3 Å². The van der Waals surface area contributed by atoms with Crippen molar-refractivity contribution in [2.45, 2.75) is 6.92 Å². The van der Waals surface area contributed by atoms with E-state index < -0.39 is 0 Å². The summed E-state index contributed by atoms with van der Waals surface area (Å²) >= 11 is 11.2. The van der Waals surface area contributed by atoms with Crippen molar-refractivity contribution in [2.75, 3.05) is 5.32 Å². The lowest BCUT2D eigenvalue weighted by Crippen LogP contribution is -1.89. The van der Waals surface area contributed by atoms with E-state index in [4.69, 9.17) is 11.6 Å². The van der Waals surface area contributed by atoms with Crippen LogP contribution in [0.25, 0.3) is 10.2 Å². The molecule has 3 rings (SSSR count). The summed E-state index contributed by atoms with van der Waals surface area (Å²) in [5, 5.41) is 4.91. The molecule has 19 heavy (non-hydrogen) atoms. The average molecular weight is 354 g/mol. The number of fused-ring (bicyclic) bond motifs is 1. The molecule has 2 nitrogen and oxygen atoms in total. The molecule has 0 fully saturated rings. The maximum Gasteiger partial charge on any atom is 0.188 e. The number of rotatable bonds is 2. The van der Waals surface area contributed by atoms with Gasteiger partial charge < -0.3 is 5.32 Å². The lowest BCUT2D eigenvalue weighted by Gasteiger charge is -2.04. The Morgan fingerprint density at radius 3 is 2.84 bits per heavy atom. The van der Waals surface area contributed by atoms with Crippen molar-refractivity contribution in [2.24, 2.45) is 0 Å². The van der Waals surface area contributed by atoms with Crippen molar-refractivity contribution in [3.05, 3.63) is 51.5 Å². The molecule has 1 aromatic heterocycles. The van der Waals surface area contributed by atoms with E-state index in [1.807, 2.05) is 30.3 Å². The number of thiazole rings is 1. The van der Waals surface area contributed by atoms with Gasteiger partial charge in [0.2, 0.25) is 0 Å². The lowest BCUT2D eigenvalue weighted by molar-refractivity contribution is 1.40. The van der Waals surface area contributed by atoms with Crippen LogP contribution in [0.1, 0.15) is 5.56 Å². The number of hydrogen-bond acceptors (Lipinski definition) is 3. The third-order valence-corrected chi connectivity index (χ3v) is 5.11. The van der Waals surface area contributed by atoms with E-state index in [-0.39, 0.29) is 0 Å². The fourth-order valence-electron chi connectivity index (χ4n) is 1.81.